The number of hydrogen-bond acceptors (Lipinski definition) is 2. The van der Waals surface area contributed by atoms with E-state index in [1.807, 2.05) is 26.0 Å². The average molecular weight is 383 g/mol. The molecule has 0 spiro atoms. The van der Waals surface area contributed by atoms with Gasteiger partial charge in [0.2, 0.25) is 10.0 Å². The van der Waals surface area contributed by atoms with Crippen molar-refractivity contribution in [3.63, 3.8) is 0 Å². The Morgan fingerprint density at radius 2 is 1.78 bits per heavy atom. The van der Waals surface area contributed by atoms with Gasteiger partial charge in [0.05, 0.1) is 4.90 Å². The molecule has 3 aromatic rings. The largest absolute Gasteiger partial charge is 0.361 e. The maximum Gasteiger partial charge on any atom is 0.243 e. The van der Waals surface area contributed by atoms with E-state index in [-0.39, 0.29) is 0 Å². The van der Waals surface area contributed by atoms with Gasteiger partial charge in [0.15, 0.2) is 0 Å². The van der Waals surface area contributed by atoms with Gasteiger partial charge in [-0.25, -0.2) is 8.42 Å². The highest BCUT2D eigenvalue weighted by atomic mass is 32.2. The predicted octanol–water partition coefficient (Wildman–Crippen LogP) is 4.43. The topological polar surface area (TPSA) is 53.2 Å². The summed E-state index contributed by atoms with van der Waals surface area (Å²) in [6.45, 7) is 5.16. The van der Waals surface area contributed by atoms with Crippen LogP contribution in [0.2, 0.25) is 0 Å². The molecule has 5 heteroatoms. The summed E-state index contributed by atoms with van der Waals surface area (Å²) in [5.74, 6) is 0.524. The first-order valence-electron chi connectivity index (χ1n) is 9.57. The fraction of sp³-hybridized carbons (Fsp3) is 0.364. The van der Waals surface area contributed by atoms with Crippen LogP contribution < -0.4 is 0 Å². The third kappa shape index (κ3) is 3.54. The molecule has 1 N–H and O–H groups in total. The van der Waals surface area contributed by atoms with E-state index in [0.717, 1.165) is 30.4 Å². The summed E-state index contributed by atoms with van der Waals surface area (Å²) in [6.07, 6.45) is 4.91. The van der Waals surface area contributed by atoms with Crippen molar-refractivity contribution >= 4 is 20.9 Å². The number of fused-ring (bicyclic) bond motifs is 1. The molecule has 0 amide bonds. The maximum absolute atomic E-state index is 13.0. The first-order valence-corrected chi connectivity index (χ1v) is 11.0. The molecule has 4 rings (SSSR count). The van der Waals surface area contributed by atoms with Crippen LogP contribution in [0.15, 0.2) is 53.6 Å². The summed E-state index contributed by atoms with van der Waals surface area (Å²) in [5.41, 5.74) is 4.64. The molecule has 2 heterocycles. The standard InChI is InChI=1S/C22H26N2O2S/c1-16-7-8-20(13-17(16)2)27(25,26)24-11-9-18(10-12-24)14-19-15-23-22-6-4-3-5-21(19)22/h3-8,13,15,18,23H,9-12,14H2,1-2H3. The highest BCUT2D eigenvalue weighted by Crippen LogP contribution is 2.29. The monoisotopic (exact) mass is 382 g/mol. The number of rotatable bonds is 4. The number of aromatic nitrogens is 1. The summed E-state index contributed by atoms with van der Waals surface area (Å²) in [6, 6.07) is 13.8. The van der Waals surface area contributed by atoms with Crippen molar-refractivity contribution in [1.82, 2.24) is 9.29 Å². The number of aryl methyl sites for hydroxylation is 2. The van der Waals surface area contributed by atoms with Gasteiger partial charge in [-0.2, -0.15) is 4.31 Å². The molecule has 2 aromatic carbocycles. The van der Waals surface area contributed by atoms with E-state index in [4.69, 9.17) is 0 Å². The zero-order valence-electron chi connectivity index (χ0n) is 15.9. The van der Waals surface area contributed by atoms with E-state index in [1.54, 1.807) is 16.4 Å². The summed E-state index contributed by atoms with van der Waals surface area (Å²) in [5, 5.41) is 1.28. The van der Waals surface area contributed by atoms with Crippen molar-refractivity contribution in [1.29, 1.82) is 0 Å². The zero-order valence-corrected chi connectivity index (χ0v) is 16.7. The Hall–Kier alpha value is -2.11. The maximum atomic E-state index is 13.0. The minimum absolute atomic E-state index is 0.417. The van der Waals surface area contributed by atoms with Gasteiger partial charge in [-0.05, 0) is 73.9 Å². The van der Waals surface area contributed by atoms with E-state index in [9.17, 15) is 8.42 Å². The van der Waals surface area contributed by atoms with Gasteiger partial charge < -0.3 is 4.98 Å². The highest BCUT2D eigenvalue weighted by molar-refractivity contribution is 7.89. The van der Waals surface area contributed by atoms with Gasteiger partial charge in [-0.1, -0.05) is 24.3 Å². The van der Waals surface area contributed by atoms with E-state index < -0.39 is 10.0 Å². The van der Waals surface area contributed by atoms with Gasteiger partial charge in [-0.3, -0.25) is 0 Å². The summed E-state index contributed by atoms with van der Waals surface area (Å²) in [7, 11) is -3.39. The molecule has 1 fully saturated rings. The number of nitrogens with one attached hydrogen (secondary N) is 1. The van der Waals surface area contributed by atoms with Crippen molar-refractivity contribution in [3.05, 3.63) is 65.4 Å². The van der Waals surface area contributed by atoms with Gasteiger partial charge in [0.25, 0.3) is 0 Å². The van der Waals surface area contributed by atoms with Crippen LogP contribution in [0.1, 0.15) is 29.5 Å². The molecule has 0 saturated carbocycles. The summed E-state index contributed by atoms with van der Waals surface area (Å²) < 4.78 is 27.6. The quantitative estimate of drug-likeness (QED) is 0.726. The second-order valence-corrected chi connectivity index (χ2v) is 9.60. The lowest BCUT2D eigenvalue weighted by atomic mass is 9.91. The lowest BCUT2D eigenvalue weighted by Crippen LogP contribution is -2.38. The van der Waals surface area contributed by atoms with Crippen LogP contribution in [-0.2, 0) is 16.4 Å². The Morgan fingerprint density at radius 1 is 1.04 bits per heavy atom. The number of benzene rings is 2. The van der Waals surface area contributed by atoms with Crippen molar-refractivity contribution in [2.75, 3.05) is 13.1 Å². The van der Waals surface area contributed by atoms with Crippen LogP contribution in [0.5, 0.6) is 0 Å². The molecule has 4 nitrogen and oxygen atoms in total. The van der Waals surface area contributed by atoms with Gasteiger partial charge in [-0.15, -0.1) is 0 Å². The molecule has 0 atom stereocenters. The number of H-pyrrole nitrogens is 1. The molecule has 1 aliphatic heterocycles. The van der Waals surface area contributed by atoms with Gasteiger partial charge >= 0.3 is 0 Å². The molecule has 0 radical (unpaired) electrons. The second-order valence-electron chi connectivity index (χ2n) is 7.66. The van der Waals surface area contributed by atoms with Crippen molar-refractivity contribution in [2.45, 2.75) is 38.0 Å². The zero-order chi connectivity index (χ0) is 19.0. The molecule has 1 aromatic heterocycles. The number of piperidine rings is 1. The highest BCUT2D eigenvalue weighted by Gasteiger charge is 2.29. The predicted molar refractivity (Wildman–Crippen MR) is 109 cm³/mol. The second kappa shape index (κ2) is 7.13. The van der Waals surface area contributed by atoms with E-state index in [0.29, 0.717) is 23.9 Å². The smallest absolute Gasteiger partial charge is 0.243 e. The van der Waals surface area contributed by atoms with Crippen LogP contribution in [0.4, 0.5) is 0 Å². The van der Waals surface area contributed by atoms with E-state index in [2.05, 4.69) is 29.4 Å². The van der Waals surface area contributed by atoms with E-state index in [1.165, 1.54) is 16.5 Å². The third-order valence-corrected chi connectivity index (χ3v) is 7.77. The lowest BCUT2D eigenvalue weighted by molar-refractivity contribution is 0.273. The Kier molecular flexibility index (Phi) is 4.82. The van der Waals surface area contributed by atoms with Crippen LogP contribution in [-0.4, -0.2) is 30.8 Å². The Morgan fingerprint density at radius 3 is 2.52 bits per heavy atom. The van der Waals surface area contributed by atoms with Crippen LogP contribution >= 0.6 is 0 Å². The Balaban J connectivity index is 1.44. The molecule has 0 unspecified atom stereocenters. The molecule has 27 heavy (non-hydrogen) atoms. The number of aromatic amines is 1. The van der Waals surface area contributed by atoms with E-state index >= 15 is 0 Å². The number of para-hydroxylation sites is 1. The summed E-state index contributed by atoms with van der Waals surface area (Å²) in [4.78, 5) is 3.75. The van der Waals surface area contributed by atoms with Gasteiger partial charge in [0, 0.05) is 30.2 Å². The van der Waals surface area contributed by atoms with Crippen molar-refractivity contribution in [2.24, 2.45) is 5.92 Å². The Bertz CT molecular complexity index is 1060. The normalized spacial score (nSPS) is 16.8. The molecule has 0 bridgehead atoms. The minimum Gasteiger partial charge on any atom is -0.361 e. The van der Waals surface area contributed by atoms with Crippen LogP contribution in [0, 0.1) is 19.8 Å². The first kappa shape index (κ1) is 18.3. The fourth-order valence-corrected chi connectivity index (χ4v) is 5.54. The SMILES string of the molecule is Cc1ccc(S(=O)(=O)N2CCC(Cc3c[nH]c4ccccc34)CC2)cc1C. The number of nitrogens with zero attached hydrogens (tertiary/aromatic N) is 1. The minimum atomic E-state index is -3.39. The molecular weight excluding hydrogens is 356 g/mol. The van der Waals surface area contributed by atoms with Crippen molar-refractivity contribution < 1.29 is 8.42 Å². The first-order chi connectivity index (χ1) is 12.9. The fourth-order valence-electron chi connectivity index (χ4n) is 3.99. The summed E-state index contributed by atoms with van der Waals surface area (Å²) >= 11 is 0. The Labute approximate surface area is 161 Å². The molecular formula is C22H26N2O2S. The average Bonchev–Trinajstić information content (AvgIpc) is 3.07. The molecule has 0 aliphatic carbocycles. The third-order valence-electron chi connectivity index (χ3n) is 5.87. The van der Waals surface area contributed by atoms with Crippen LogP contribution in [0.25, 0.3) is 10.9 Å². The molecule has 1 saturated heterocycles. The lowest BCUT2D eigenvalue weighted by Gasteiger charge is -2.31. The van der Waals surface area contributed by atoms with Crippen molar-refractivity contribution in [3.8, 4) is 0 Å². The van der Waals surface area contributed by atoms with Gasteiger partial charge in [0.1, 0.15) is 0 Å². The van der Waals surface area contributed by atoms with Crippen LogP contribution in [0.3, 0.4) is 0 Å². The molecule has 1 aliphatic rings. The number of sulfonamides is 1. The number of hydrogen-bond donors (Lipinski definition) is 1. The molecule has 142 valence electrons.